The fourth-order valence-corrected chi connectivity index (χ4v) is 4.30. The van der Waals surface area contributed by atoms with Crippen molar-refractivity contribution in [2.75, 3.05) is 0 Å². The number of benzene rings is 3. The minimum atomic E-state index is -0.319. The van der Waals surface area contributed by atoms with E-state index in [1.165, 1.54) is 10.9 Å². The molecule has 1 N–H and O–H groups in total. The molecule has 6 rings (SSSR count). The van der Waals surface area contributed by atoms with E-state index >= 15 is 0 Å². The van der Waals surface area contributed by atoms with Crippen LogP contribution < -0.4 is 16.0 Å². The fraction of sp³-hybridized carbons (Fsp3) is 0.0370. The Balaban J connectivity index is 1.37. The van der Waals surface area contributed by atoms with Crippen LogP contribution >= 0.6 is 0 Å². The molecule has 0 aliphatic carbocycles. The maximum atomic E-state index is 12.2. The Hall–Kier alpha value is -4.58. The first-order chi connectivity index (χ1) is 16.3. The molecule has 3 aromatic carbocycles. The summed E-state index contributed by atoms with van der Waals surface area (Å²) >= 11 is 0. The number of hydrazone groups is 1. The molecule has 6 nitrogen and oxygen atoms in total. The lowest BCUT2D eigenvalue weighted by Gasteiger charge is -2.07. The molecule has 0 fully saturated rings. The van der Waals surface area contributed by atoms with E-state index in [4.69, 9.17) is 0 Å². The molecule has 0 unspecified atom stereocenters. The number of carbonyl (C=O) groups is 1. The Kier molecular flexibility index (Phi) is 4.54. The van der Waals surface area contributed by atoms with Gasteiger partial charge in [0, 0.05) is 28.1 Å². The first-order valence-corrected chi connectivity index (χ1v) is 10.7. The maximum absolute atomic E-state index is 12.2. The quantitative estimate of drug-likeness (QED) is 0.345. The SMILES string of the molecule is O=C1N=c2ccccc2=C1N/N=C/c1cc2c3ccccc3n(Cc3ccccc3)c2cn1. The van der Waals surface area contributed by atoms with Crippen LogP contribution in [0.3, 0.4) is 0 Å². The highest BCUT2D eigenvalue weighted by molar-refractivity contribution is 6.14. The molecule has 0 atom stereocenters. The van der Waals surface area contributed by atoms with Crippen molar-refractivity contribution in [1.82, 2.24) is 15.0 Å². The zero-order chi connectivity index (χ0) is 22.2. The number of rotatable bonds is 5. The third-order valence-electron chi connectivity index (χ3n) is 5.85. The van der Waals surface area contributed by atoms with Gasteiger partial charge in [-0.25, -0.2) is 4.99 Å². The van der Waals surface area contributed by atoms with Crippen molar-refractivity contribution in [3.05, 3.63) is 113 Å². The zero-order valence-corrected chi connectivity index (χ0v) is 17.6. The van der Waals surface area contributed by atoms with Crippen LogP contribution in [-0.2, 0) is 11.3 Å². The van der Waals surface area contributed by atoms with Crippen molar-refractivity contribution in [2.24, 2.45) is 10.1 Å². The average molecular weight is 429 g/mol. The topological polar surface area (TPSA) is 71.6 Å². The van der Waals surface area contributed by atoms with Crippen molar-refractivity contribution in [3.63, 3.8) is 0 Å². The maximum Gasteiger partial charge on any atom is 0.296 e. The molecule has 0 radical (unpaired) electrons. The number of hydrogen-bond donors (Lipinski definition) is 1. The molecule has 3 heterocycles. The molecular formula is C27H19N5O. The molecule has 1 amide bonds. The van der Waals surface area contributed by atoms with Crippen molar-refractivity contribution < 1.29 is 4.79 Å². The number of nitrogens with zero attached hydrogens (tertiary/aromatic N) is 4. The van der Waals surface area contributed by atoms with Crippen LogP contribution in [0.1, 0.15) is 11.3 Å². The highest BCUT2D eigenvalue weighted by atomic mass is 16.1. The van der Waals surface area contributed by atoms with Crippen molar-refractivity contribution in [1.29, 1.82) is 0 Å². The zero-order valence-electron chi connectivity index (χ0n) is 17.6. The van der Waals surface area contributed by atoms with Crippen molar-refractivity contribution in [2.45, 2.75) is 6.54 Å². The monoisotopic (exact) mass is 429 g/mol. The van der Waals surface area contributed by atoms with E-state index in [2.05, 4.69) is 67.5 Å². The van der Waals surface area contributed by atoms with Gasteiger partial charge in [-0.3, -0.25) is 15.2 Å². The lowest BCUT2D eigenvalue weighted by Crippen LogP contribution is -2.26. The third kappa shape index (κ3) is 3.38. The van der Waals surface area contributed by atoms with Gasteiger partial charge in [0.1, 0.15) is 5.70 Å². The molecule has 1 aliphatic heterocycles. The number of para-hydroxylation sites is 2. The average Bonchev–Trinajstić information content (AvgIpc) is 3.34. The van der Waals surface area contributed by atoms with Gasteiger partial charge in [-0.1, -0.05) is 66.7 Å². The van der Waals surface area contributed by atoms with Gasteiger partial charge in [-0.15, -0.1) is 0 Å². The van der Waals surface area contributed by atoms with Crippen LogP contribution in [0.4, 0.5) is 0 Å². The highest BCUT2D eigenvalue weighted by Gasteiger charge is 2.15. The standard InChI is InChI=1S/C27H19N5O/c33-27-26(21-11-4-6-12-23(21)30-27)31-29-15-19-14-22-20-10-5-7-13-24(20)32(25(22)16-28-19)17-18-8-2-1-3-9-18/h1-16H,17H2,(H,30,31,33)/b29-15+. The molecule has 5 aromatic rings. The van der Waals surface area contributed by atoms with Crippen LogP contribution in [0.2, 0.25) is 0 Å². The van der Waals surface area contributed by atoms with Gasteiger partial charge in [-0.2, -0.15) is 5.10 Å². The number of carbonyl (C=O) groups excluding carboxylic acids is 1. The Morgan fingerprint density at radius 2 is 1.67 bits per heavy atom. The first kappa shape index (κ1) is 19.1. The van der Waals surface area contributed by atoms with Gasteiger partial charge in [0.05, 0.1) is 29.0 Å². The molecule has 0 saturated heterocycles. The number of amides is 1. The Morgan fingerprint density at radius 1 is 0.879 bits per heavy atom. The molecule has 158 valence electrons. The second kappa shape index (κ2) is 7.84. The predicted octanol–water partition coefficient (Wildman–Crippen LogP) is 3.13. The summed E-state index contributed by atoms with van der Waals surface area (Å²) in [4.78, 5) is 20.8. The summed E-state index contributed by atoms with van der Waals surface area (Å²) in [6.45, 7) is 0.769. The highest BCUT2D eigenvalue weighted by Crippen LogP contribution is 2.29. The van der Waals surface area contributed by atoms with E-state index in [1.807, 2.05) is 48.7 Å². The minimum Gasteiger partial charge on any atom is -0.335 e. The summed E-state index contributed by atoms with van der Waals surface area (Å²) in [6, 6.07) is 28.2. The van der Waals surface area contributed by atoms with Crippen LogP contribution in [0.25, 0.3) is 27.5 Å². The lowest BCUT2D eigenvalue weighted by atomic mass is 10.2. The number of nitrogens with one attached hydrogen (secondary N) is 1. The second-order valence-corrected chi connectivity index (χ2v) is 7.89. The molecule has 6 heteroatoms. The lowest BCUT2D eigenvalue weighted by molar-refractivity contribution is -0.113. The summed E-state index contributed by atoms with van der Waals surface area (Å²) in [7, 11) is 0. The van der Waals surface area contributed by atoms with Gasteiger partial charge in [0.15, 0.2) is 0 Å². The van der Waals surface area contributed by atoms with E-state index in [-0.39, 0.29) is 5.91 Å². The van der Waals surface area contributed by atoms with Crippen molar-refractivity contribution in [3.8, 4) is 0 Å². The third-order valence-corrected chi connectivity index (χ3v) is 5.85. The Labute approximate surface area is 189 Å². The largest absolute Gasteiger partial charge is 0.335 e. The summed E-state index contributed by atoms with van der Waals surface area (Å²) < 4.78 is 2.29. The van der Waals surface area contributed by atoms with Crippen LogP contribution in [0, 0.1) is 0 Å². The number of hydrogen-bond acceptors (Lipinski definition) is 4. The molecule has 33 heavy (non-hydrogen) atoms. The van der Waals surface area contributed by atoms with Crippen LogP contribution in [0.15, 0.2) is 101 Å². The van der Waals surface area contributed by atoms with Gasteiger partial charge in [-0.05, 0) is 23.8 Å². The van der Waals surface area contributed by atoms with Gasteiger partial charge >= 0.3 is 0 Å². The van der Waals surface area contributed by atoms with E-state index in [1.54, 1.807) is 6.21 Å². The molecule has 0 spiro atoms. The van der Waals surface area contributed by atoms with Gasteiger partial charge in [0.25, 0.3) is 5.91 Å². The summed E-state index contributed by atoms with van der Waals surface area (Å²) in [6.07, 6.45) is 3.52. The Morgan fingerprint density at radius 3 is 2.58 bits per heavy atom. The second-order valence-electron chi connectivity index (χ2n) is 7.89. The summed E-state index contributed by atoms with van der Waals surface area (Å²) in [5.41, 5.74) is 7.40. The molecular weight excluding hydrogens is 410 g/mol. The molecule has 2 aromatic heterocycles. The van der Waals surface area contributed by atoms with Gasteiger partial charge < -0.3 is 4.57 Å². The minimum absolute atomic E-state index is 0.319. The van der Waals surface area contributed by atoms with E-state index in [0.717, 1.165) is 28.2 Å². The van der Waals surface area contributed by atoms with Crippen LogP contribution in [0.5, 0.6) is 0 Å². The van der Waals surface area contributed by atoms with Crippen LogP contribution in [-0.4, -0.2) is 21.7 Å². The first-order valence-electron chi connectivity index (χ1n) is 10.7. The van der Waals surface area contributed by atoms with E-state index in [9.17, 15) is 4.79 Å². The number of fused-ring (bicyclic) bond motifs is 4. The molecule has 1 aliphatic rings. The van der Waals surface area contributed by atoms with Crippen molar-refractivity contribution >= 4 is 39.6 Å². The summed E-state index contributed by atoms with van der Waals surface area (Å²) in [5, 5.41) is 7.97. The predicted molar refractivity (Wildman–Crippen MR) is 129 cm³/mol. The van der Waals surface area contributed by atoms with Gasteiger partial charge in [0.2, 0.25) is 0 Å². The number of aromatic nitrogens is 2. The van der Waals surface area contributed by atoms with E-state index in [0.29, 0.717) is 16.7 Å². The Bertz CT molecular complexity index is 1680. The molecule has 0 bridgehead atoms. The number of pyridine rings is 1. The molecule has 0 saturated carbocycles. The smallest absolute Gasteiger partial charge is 0.296 e. The fourth-order valence-electron chi connectivity index (χ4n) is 4.30. The summed E-state index contributed by atoms with van der Waals surface area (Å²) in [5.74, 6) is -0.319. The normalized spacial score (nSPS) is 13.1. The van der Waals surface area contributed by atoms with E-state index < -0.39 is 0 Å².